The fraction of sp³-hybridized carbons (Fsp3) is 0.281. The van der Waals surface area contributed by atoms with Crippen LogP contribution in [0.15, 0.2) is 84.1 Å². The summed E-state index contributed by atoms with van der Waals surface area (Å²) >= 11 is 0. The standard InChI is InChI=1S/C32H30FN3O5/c1-20(2)32(17-27(36-41-32)30-25-13-6-4-9-22(25)14-15-34-30)31(39)35-26(28(37)18-33)16-29(38)40-19-23-11-7-10-21-8-3-5-12-24(21)23/h3-15,20,26H,16-19H2,1-2H3,(H,35,39)/t26-,32+/m0/s1. The molecule has 1 aliphatic heterocycles. The third-order valence-electron chi connectivity index (χ3n) is 7.48. The topological polar surface area (TPSA) is 107 Å². The number of oxime groups is 1. The Morgan fingerprint density at radius 3 is 2.39 bits per heavy atom. The highest BCUT2D eigenvalue weighted by Gasteiger charge is 2.51. The molecule has 0 aliphatic carbocycles. The number of benzene rings is 3. The lowest BCUT2D eigenvalue weighted by Gasteiger charge is -2.30. The van der Waals surface area contributed by atoms with Crippen molar-refractivity contribution in [2.75, 3.05) is 6.67 Å². The lowest BCUT2D eigenvalue weighted by atomic mass is 9.83. The minimum Gasteiger partial charge on any atom is -0.461 e. The molecule has 4 aromatic rings. The van der Waals surface area contributed by atoms with E-state index >= 15 is 0 Å². The molecule has 0 bridgehead atoms. The number of rotatable bonds is 10. The van der Waals surface area contributed by atoms with Crippen LogP contribution in [0.1, 0.15) is 37.9 Å². The van der Waals surface area contributed by atoms with Gasteiger partial charge in [0.1, 0.15) is 25.0 Å². The zero-order valence-electron chi connectivity index (χ0n) is 22.8. The average molecular weight is 556 g/mol. The van der Waals surface area contributed by atoms with Crippen LogP contribution >= 0.6 is 0 Å². The first-order chi connectivity index (χ1) is 19.8. The Hall–Kier alpha value is -4.66. The highest BCUT2D eigenvalue weighted by atomic mass is 19.1. The van der Waals surface area contributed by atoms with Crippen LogP contribution in [-0.2, 0) is 30.6 Å². The SMILES string of the molecule is CC(C)[C@@]1(C(=O)N[C@@H](CC(=O)OCc2cccc3ccccc23)C(=O)CF)CC(c2nccc3ccccc23)=NO1. The number of nitrogens with zero attached hydrogens (tertiary/aromatic N) is 2. The minimum absolute atomic E-state index is 0.0288. The molecule has 1 N–H and O–H groups in total. The van der Waals surface area contributed by atoms with Crippen LogP contribution in [0.25, 0.3) is 21.5 Å². The van der Waals surface area contributed by atoms with Gasteiger partial charge in [-0.05, 0) is 27.8 Å². The summed E-state index contributed by atoms with van der Waals surface area (Å²) in [5, 5.41) is 10.5. The quantitative estimate of drug-likeness (QED) is 0.274. The number of nitrogens with one attached hydrogen (secondary N) is 1. The lowest BCUT2D eigenvalue weighted by Crippen LogP contribution is -2.55. The molecule has 1 aromatic heterocycles. The van der Waals surface area contributed by atoms with Gasteiger partial charge in [-0.25, -0.2) is 4.39 Å². The summed E-state index contributed by atoms with van der Waals surface area (Å²) in [6.45, 7) is 2.20. The van der Waals surface area contributed by atoms with Crippen LogP contribution in [0, 0.1) is 5.92 Å². The summed E-state index contributed by atoms with van der Waals surface area (Å²) in [6, 6.07) is 21.5. The van der Waals surface area contributed by atoms with Gasteiger partial charge in [-0.2, -0.15) is 0 Å². The van der Waals surface area contributed by atoms with Crippen molar-refractivity contribution < 1.29 is 28.3 Å². The lowest BCUT2D eigenvalue weighted by molar-refractivity contribution is -0.153. The van der Waals surface area contributed by atoms with Crippen LogP contribution in [0.3, 0.4) is 0 Å². The van der Waals surface area contributed by atoms with Gasteiger partial charge in [-0.15, -0.1) is 0 Å². The average Bonchev–Trinajstić information content (AvgIpc) is 3.46. The number of fused-ring (bicyclic) bond motifs is 2. The van der Waals surface area contributed by atoms with E-state index in [2.05, 4.69) is 15.5 Å². The molecule has 0 spiro atoms. The molecule has 3 aromatic carbocycles. The maximum Gasteiger partial charge on any atom is 0.308 e. The largest absolute Gasteiger partial charge is 0.461 e. The number of ketones is 1. The van der Waals surface area contributed by atoms with E-state index in [4.69, 9.17) is 9.57 Å². The van der Waals surface area contributed by atoms with Crippen molar-refractivity contribution >= 4 is 44.9 Å². The number of Topliss-reactive ketones (excluding diaryl/α,β-unsaturated/α-hetero) is 1. The van der Waals surface area contributed by atoms with E-state index in [1.165, 1.54) is 0 Å². The Bertz CT molecular complexity index is 1640. The van der Waals surface area contributed by atoms with E-state index in [-0.39, 0.29) is 18.9 Å². The predicted molar refractivity (Wildman–Crippen MR) is 153 cm³/mol. The number of alkyl halides is 1. The van der Waals surface area contributed by atoms with Crippen molar-refractivity contribution in [2.24, 2.45) is 11.1 Å². The Kier molecular flexibility index (Phi) is 8.05. The smallest absolute Gasteiger partial charge is 0.308 e. The first kappa shape index (κ1) is 27.9. The van der Waals surface area contributed by atoms with E-state index in [0.717, 1.165) is 27.1 Å². The number of amides is 1. The molecule has 9 heteroatoms. The van der Waals surface area contributed by atoms with Crippen molar-refractivity contribution in [3.8, 4) is 0 Å². The first-order valence-electron chi connectivity index (χ1n) is 13.4. The zero-order valence-corrected chi connectivity index (χ0v) is 22.8. The number of pyridine rings is 1. The van der Waals surface area contributed by atoms with E-state index in [0.29, 0.717) is 11.4 Å². The Balaban J connectivity index is 1.29. The number of ether oxygens (including phenoxy) is 1. The maximum atomic E-state index is 13.6. The van der Waals surface area contributed by atoms with E-state index in [1.807, 2.05) is 72.8 Å². The summed E-state index contributed by atoms with van der Waals surface area (Å²) < 4.78 is 18.9. The van der Waals surface area contributed by atoms with Crippen molar-refractivity contribution in [1.82, 2.24) is 10.3 Å². The van der Waals surface area contributed by atoms with Crippen molar-refractivity contribution in [3.05, 3.63) is 90.3 Å². The van der Waals surface area contributed by atoms with E-state index in [1.54, 1.807) is 20.0 Å². The summed E-state index contributed by atoms with van der Waals surface area (Å²) in [4.78, 5) is 49.1. The fourth-order valence-electron chi connectivity index (χ4n) is 5.04. The van der Waals surface area contributed by atoms with Crippen molar-refractivity contribution in [1.29, 1.82) is 0 Å². The maximum absolute atomic E-state index is 13.6. The van der Waals surface area contributed by atoms with Crippen LogP contribution in [-0.4, -0.2) is 46.7 Å². The third-order valence-corrected chi connectivity index (χ3v) is 7.48. The van der Waals surface area contributed by atoms with Gasteiger partial charge in [0.15, 0.2) is 5.78 Å². The summed E-state index contributed by atoms with van der Waals surface area (Å²) in [5.41, 5.74) is 0.384. The van der Waals surface area contributed by atoms with Gasteiger partial charge in [0, 0.05) is 23.9 Å². The Labute approximate surface area is 236 Å². The summed E-state index contributed by atoms with van der Waals surface area (Å²) in [5.74, 6) is -2.72. The number of carbonyl (C=O) groups excluding carboxylic acids is 3. The molecular weight excluding hydrogens is 525 g/mol. The Morgan fingerprint density at radius 2 is 1.66 bits per heavy atom. The molecule has 2 atom stereocenters. The second-order valence-corrected chi connectivity index (χ2v) is 10.4. The highest BCUT2D eigenvalue weighted by Crippen LogP contribution is 2.35. The van der Waals surface area contributed by atoms with Gasteiger partial charge in [-0.1, -0.05) is 85.7 Å². The van der Waals surface area contributed by atoms with Crippen molar-refractivity contribution in [3.63, 3.8) is 0 Å². The molecule has 0 radical (unpaired) electrons. The monoisotopic (exact) mass is 555 g/mol. The van der Waals surface area contributed by atoms with E-state index < -0.39 is 42.4 Å². The molecule has 0 fully saturated rings. The second-order valence-electron chi connectivity index (χ2n) is 10.4. The molecule has 0 saturated carbocycles. The Morgan fingerprint density at radius 1 is 0.976 bits per heavy atom. The van der Waals surface area contributed by atoms with Gasteiger partial charge < -0.3 is 14.9 Å². The predicted octanol–water partition coefficient (Wildman–Crippen LogP) is 5.06. The normalized spacial score (nSPS) is 17.2. The molecule has 41 heavy (non-hydrogen) atoms. The van der Waals surface area contributed by atoms with E-state index in [9.17, 15) is 18.8 Å². The molecule has 2 heterocycles. The first-order valence-corrected chi connectivity index (χ1v) is 13.4. The van der Waals surface area contributed by atoms with Gasteiger partial charge in [0.25, 0.3) is 5.91 Å². The van der Waals surface area contributed by atoms with Gasteiger partial charge in [0.05, 0.1) is 12.1 Å². The third kappa shape index (κ3) is 5.66. The molecule has 0 saturated heterocycles. The highest BCUT2D eigenvalue weighted by molar-refractivity contribution is 6.12. The fourth-order valence-corrected chi connectivity index (χ4v) is 5.04. The minimum atomic E-state index is -1.48. The van der Waals surface area contributed by atoms with Gasteiger partial charge in [-0.3, -0.25) is 19.4 Å². The van der Waals surface area contributed by atoms with Crippen LogP contribution in [0.2, 0.25) is 0 Å². The van der Waals surface area contributed by atoms with Crippen molar-refractivity contribution in [2.45, 2.75) is 44.9 Å². The number of aromatic nitrogens is 1. The number of esters is 1. The molecule has 1 amide bonds. The van der Waals surface area contributed by atoms with Crippen LogP contribution in [0.5, 0.6) is 0 Å². The summed E-state index contributed by atoms with van der Waals surface area (Å²) in [7, 11) is 0. The molecular formula is C32H30FN3O5. The second kappa shape index (κ2) is 11.8. The number of hydrogen-bond acceptors (Lipinski definition) is 7. The molecule has 5 rings (SSSR count). The number of hydrogen-bond donors (Lipinski definition) is 1. The zero-order chi connectivity index (χ0) is 29.0. The number of halogens is 1. The van der Waals surface area contributed by atoms with Gasteiger partial charge in [0.2, 0.25) is 5.60 Å². The van der Waals surface area contributed by atoms with Crippen LogP contribution in [0.4, 0.5) is 4.39 Å². The molecule has 8 nitrogen and oxygen atoms in total. The summed E-state index contributed by atoms with van der Waals surface area (Å²) in [6.07, 6.45) is 1.22. The number of carbonyl (C=O) groups is 3. The molecule has 1 aliphatic rings. The molecule has 0 unspecified atom stereocenters. The molecule has 210 valence electrons. The van der Waals surface area contributed by atoms with Gasteiger partial charge >= 0.3 is 5.97 Å². The van der Waals surface area contributed by atoms with Crippen LogP contribution < -0.4 is 5.32 Å².